The molecule has 1 N–H and O–H groups in total. The maximum Gasteiger partial charge on any atom is 0.328 e. The minimum absolute atomic E-state index is 0.0323. The summed E-state index contributed by atoms with van der Waals surface area (Å²) in [7, 11) is 0. The Balaban J connectivity index is 4.30. The highest BCUT2D eigenvalue weighted by Gasteiger charge is 2.14. The van der Waals surface area contributed by atoms with E-state index in [1.165, 1.54) is 11.1 Å². The van der Waals surface area contributed by atoms with E-state index in [0.29, 0.717) is 0 Å². The second kappa shape index (κ2) is 5.13. The summed E-state index contributed by atoms with van der Waals surface area (Å²) < 4.78 is 0. The number of imide groups is 1. The van der Waals surface area contributed by atoms with Crippen LogP contribution in [0.5, 0.6) is 0 Å². The van der Waals surface area contributed by atoms with Gasteiger partial charge in [0.25, 0.3) is 5.91 Å². The Morgan fingerprint density at radius 3 is 2.23 bits per heavy atom. The fourth-order valence-corrected chi connectivity index (χ4v) is 0.749. The third-order valence-corrected chi connectivity index (χ3v) is 1.40. The van der Waals surface area contributed by atoms with E-state index in [-0.39, 0.29) is 6.04 Å². The second-order valence-corrected chi connectivity index (χ2v) is 2.68. The van der Waals surface area contributed by atoms with E-state index in [4.69, 9.17) is 0 Å². The monoisotopic (exact) mass is 182 g/mol. The minimum atomic E-state index is -0.516. The van der Waals surface area contributed by atoms with Crippen molar-refractivity contribution >= 4 is 11.9 Å². The maximum absolute atomic E-state index is 11.3. The molecule has 0 aromatic carbocycles. The standard InChI is InChI=1S/C9H14N2O2/c1-5-8(12)10-9(13)11(6-2)7(3)4/h5-7H,1-2H2,3-4H3,(H,10,12,13). The van der Waals surface area contributed by atoms with Crippen molar-refractivity contribution in [3.8, 4) is 0 Å². The topological polar surface area (TPSA) is 49.4 Å². The van der Waals surface area contributed by atoms with Crippen LogP contribution >= 0.6 is 0 Å². The van der Waals surface area contributed by atoms with E-state index in [1.807, 2.05) is 13.8 Å². The first-order valence-electron chi connectivity index (χ1n) is 3.91. The lowest BCUT2D eigenvalue weighted by Crippen LogP contribution is -2.42. The average Bonchev–Trinajstić information content (AvgIpc) is 2.04. The lowest BCUT2D eigenvalue weighted by molar-refractivity contribution is -0.115. The van der Waals surface area contributed by atoms with E-state index in [1.54, 1.807) is 0 Å². The molecule has 4 nitrogen and oxygen atoms in total. The van der Waals surface area contributed by atoms with Crippen LogP contribution in [0.2, 0.25) is 0 Å². The first kappa shape index (κ1) is 11.4. The number of nitrogens with zero attached hydrogens (tertiary/aromatic N) is 1. The van der Waals surface area contributed by atoms with E-state index in [9.17, 15) is 9.59 Å². The average molecular weight is 182 g/mol. The van der Waals surface area contributed by atoms with Crippen LogP contribution in [0, 0.1) is 0 Å². The highest BCUT2D eigenvalue weighted by atomic mass is 16.2. The molecular weight excluding hydrogens is 168 g/mol. The smallest absolute Gasteiger partial charge is 0.299 e. The second-order valence-electron chi connectivity index (χ2n) is 2.68. The van der Waals surface area contributed by atoms with Crippen LogP contribution in [0.4, 0.5) is 4.79 Å². The zero-order valence-corrected chi connectivity index (χ0v) is 7.91. The van der Waals surface area contributed by atoms with Gasteiger partial charge in [-0.3, -0.25) is 15.0 Å². The van der Waals surface area contributed by atoms with Gasteiger partial charge < -0.3 is 0 Å². The molecule has 0 bridgehead atoms. The van der Waals surface area contributed by atoms with E-state index in [0.717, 1.165) is 6.08 Å². The Morgan fingerprint density at radius 1 is 1.38 bits per heavy atom. The van der Waals surface area contributed by atoms with Crippen LogP contribution in [-0.4, -0.2) is 22.9 Å². The Bertz CT molecular complexity index is 234. The van der Waals surface area contributed by atoms with Gasteiger partial charge in [0, 0.05) is 12.2 Å². The molecule has 0 saturated heterocycles. The van der Waals surface area contributed by atoms with Crippen molar-refractivity contribution in [2.24, 2.45) is 0 Å². The van der Waals surface area contributed by atoms with E-state index >= 15 is 0 Å². The quantitative estimate of drug-likeness (QED) is 0.668. The molecule has 0 fully saturated rings. The van der Waals surface area contributed by atoms with Crippen molar-refractivity contribution in [2.75, 3.05) is 0 Å². The molecule has 0 aliphatic carbocycles. The maximum atomic E-state index is 11.3. The van der Waals surface area contributed by atoms with Crippen LogP contribution in [0.15, 0.2) is 25.4 Å². The highest BCUT2D eigenvalue weighted by Crippen LogP contribution is 1.98. The molecule has 0 aromatic heterocycles. The summed E-state index contributed by atoms with van der Waals surface area (Å²) in [6.07, 6.45) is 2.41. The van der Waals surface area contributed by atoms with Gasteiger partial charge in [-0.2, -0.15) is 0 Å². The molecule has 3 amide bonds. The molecule has 0 aromatic rings. The Labute approximate surface area is 77.9 Å². The Kier molecular flexibility index (Phi) is 4.51. The van der Waals surface area contributed by atoms with Gasteiger partial charge >= 0.3 is 6.03 Å². The molecule has 0 saturated carbocycles. The largest absolute Gasteiger partial charge is 0.328 e. The molecule has 0 heterocycles. The van der Waals surface area contributed by atoms with Crippen molar-refractivity contribution in [3.63, 3.8) is 0 Å². The number of nitrogens with one attached hydrogen (secondary N) is 1. The molecule has 0 atom stereocenters. The highest BCUT2D eigenvalue weighted by molar-refractivity contribution is 6.00. The van der Waals surface area contributed by atoms with Crippen molar-refractivity contribution in [1.29, 1.82) is 0 Å². The van der Waals surface area contributed by atoms with Gasteiger partial charge in [-0.1, -0.05) is 13.2 Å². The molecule has 4 heteroatoms. The van der Waals surface area contributed by atoms with Gasteiger partial charge in [-0.15, -0.1) is 0 Å². The number of carbonyl (C=O) groups excluding carboxylic acids is 2. The summed E-state index contributed by atoms with van der Waals surface area (Å²) >= 11 is 0. The molecule has 0 aliphatic rings. The van der Waals surface area contributed by atoms with Gasteiger partial charge in [0.1, 0.15) is 0 Å². The molecule has 0 rings (SSSR count). The number of urea groups is 1. The first-order chi connectivity index (χ1) is 6.02. The zero-order valence-electron chi connectivity index (χ0n) is 7.91. The Morgan fingerprint density at radius 2 is 1.92 bits per heavy atom. The van der Waals surface area contributed by atoms with Gasteiger partial charge in [0.05, 0.1) is 0 Å². The Hall–Kier alpha value is -1.58. The van der Waals surface area contributed by atoms with E-state index in [2.05, 4.69) is 18.5 Å². The van der Waals surface area contributed by atoms with E-state index < -0.39 is 11.9 Å². The summed E-state index contributed by atoms with van der Waals surface area (Å²) in [4.78, 5) is 23.3. The summed E-state index contributed by atoms with van der Waals surface area (Å²) in [5, 5.41) is 2.12. The normalized spacial score (nSPS) is 9.15. The van der Waals surface area contributed by atoms with Gasteiger partial charge in [0.15, 0.2) is 0 Å². The number of rotatable bonds is 3. The van der Waals surface area contributed by atoms with Crippen molar-refractivity contribution in [1.82, 2.24) is 10.2 Å². The zero-order chi connectivity index (χ0) is 10.4. The van der Waals surface area contributed by atoms with Crippen LogP contribution in [0.25, 0.3) is 0 Å². The lowest BCUT2D eigenvalue weighted by atomic mass is 10.3. The molecule has 0 aliphatic heterocycles. The van der Waals surface area contributed by atoms with Crippen LogP contribution in [0.3, 0.4) is 0 Å². The van der Waals surface area contributed by atoms with Crippen molar-refractivity contribution < 1.29 is 9.59 Å². The van der Waals surface area contributed by atoms with Crippen LogP contribution in [0.1, 0.15) is 13.8 Å². The van der Waals surface area contributed by atoms with Gasteiger partial charge in [-0.05, 0) is 19.9 Å². The third-order valence-electron chi connectivity index (χ3n) is 1.40. The molecule has 0 spiro atoms. The SMILES string of the molecule is C=CC(=O)NC(=O)N(C=C)C(C)C. The summed E-state index contributed by atoms with van der Waals surface area (Å²) in [6.45, 7) is 10.3. The summed E-state index contributed by atoms with van der Waals surface area (Å²) in [5.74, 6) is -0.516. The third kappa shape index (κ3) is 3.55. The molecule has 0 radical (unpaired) electrons. The van der Waals surface area contributed by atoms with Crippen LogP contribution < -0.4 is 5.32 Å². The summed E-state index contributed by atoms with van der Waals surface area (Å²) in [5.41, 5.74) is 0. The predicted molar refractivity (Wildman–Crippen MR) is 50.9 cm³/mol. The predicted octanol–water partition coefficient (Wildman–Crippen LogP) is 1.26. The number of carbonyl (C=O) groups is 2. The van der Waals surface area contributed by atoms with Gasteiger partial charge in [-0.25, -0.2) is 4.79 Å². The first-order valence-corrected chi connectivity index (χ1v) is 3.91. The van der Waals surface area contributed by atoms with Crippen molar-refractivity contribution in [3.05, 3.63) is 25.4 Å². The molecule has 0 unspecified atom stereocenters. The number of hydrogen-bond acceptors (Lipinski definition) is 2. The number of amides is 3. The molecule has 13 heavy (non-hydrogen) atoms. The lowest BCUT2D eigenvalue weighted by Gasteiger charge is -2.21. The fraction of sp³-hybridized carbons (Fsp3) is 0.333. The summed E-state index contributed by atoms with van der Waals surface area (Å²) in [6, 6.07) is -0.523. The molecule has 72 valence electrons. The fourth-order valence-electron chi connectivity index (χ4n) is 0.749. The minimum Gasteiger partial charge on any atom is -0.299 e. The number of hydrogen-bond donors (Lipinski definition) is 1. The van der Waals surface area contributed by atoms with Crippen molar-refractivity contribution in [2.45, 2.75) is 19.9 Å². The van der Waals surface area contributed by atoms with Gasteiger partial charge in [0.2, 0.25) is 0 Å². The molecular formula is C9H14N2O2. The van der Waals surface area contributed by atoms with Crippen LogP contribution in [-0.2, 0) is 4.79 Å².